The van der Waals surface area contributed by atoms with E-state index in [0.717, 1.165) is 12.7 Å². The molecule has 0 aliphatic heterocycles. The number of ketones is 2. The van der Waals surface area contributed by atoms with E-state index in [0.29, 0.717) is 5.56 Å². The van der Waals surface area contributed by atoms with E-state index in [1.54, 1.807) is 24.3 Å². The first-order valence-corrected chi connectivity index (χ1v) is 21.2. The SMILES string of the molecule is COc1c(F)c(F)c2c(c1OCc1ccccc1)C(=O)C1=C(O)[C@]3(O[Si](C)(C)C(C)(C)C)C(=O)c4c(OCc5ccccc5)noc4C(N(C)C)[C@@H]3C[C@@H]1C2. The van der Waals surface area contributed by atoms with Crippen LogP contribution in [-0.2, 0) is 24.1 Å². The van der Waals surface area contributed by atoms with Crippen molar-refractivity contribution in [1.82, 2.24) is 10.1 Å². The Bertz CT molecular complexity index is 2180. The monoisotopic (exact) mass is 772 g/mol. The smallest absolute Gasteiger partial charge is 0.265 e. The normalized spacial score (nSPS) is 22.2. The van der Waals surface area contributed by atoms with Crippen molar-refractivity contribution < 1.29 is 46.6 Å². The van der Waals surface area contributed by atoms with Crippen molar-refractivity contribution in [1.29, 1.82) is 0 Å². The zero-order chi connectivity index (χ0) is 39.6. The number of hydrogen-bond donors (Lipinski definition) is 1. The Morgan fingerprint density at radius 3 is 2.09 bits per heavy atom. The minimum atomic E-state index is -2.98. The van der Waals surface area contributed by atoms with Crippen LogP contribution in [0.15, 0.2) is 76.5 Å². The number of benzene rings is 3. The second-order valence-electron chi connectivity index (χ2n) is 16.3. The van der Waals surface area contributed by atoms with E-state index < -0.39 is 71.5 Å². The maximum atomic E-state index is 16.1. The van der Waals surface area contributed by atoms with E-state index in [-0.39, 0.29) is 65.7 Å². The zero-order valence-corrected chi connectivity index (χ0v) is 33.3. The molecule has 4 aromatic rings. The molecule has 0 radical (unpaired) electrons. The highest BCUT2D eigenvalue weighted by Crippen LogP contribution is 2.60. The molecule has 0 fully saturated rings. The van der Waals surface area contributed by atoms with Crippen LogP contribution in [0.2, 0.25) is 18.1 Å². The Kier molecular flexibility index (Phi) is 9.79. The van der Waals surface area contributed by atoms with Gasteiger partial charge in [0.2, 0.25) is 17.3 Å². The van der Waals surface area contributed by atoms with Crippen LogP contribution in [0.25, 0.3) is 0 Å². The van der Waals surface area contributed by atoms with Gasteiger partial charge in [0, 0.05) is 17.1 Å². The van der Waals surface area contributed by atoms with Gasteiger partial charge in [-0.3, -0.25) is 14.5 Å². The van der Waals surface area contributed by atoms with Crippen molar-refractivity contribution in [3.8, 4) is 17.4 Å². The molecule has 1 N–H and O–H groups in total. The number of rotatable bonds is 10. The van der Waals surface area contributed by atoms with Crippen LogP contribution >= 0.6 is 0 Å². The topological polar surface area (TPSA) is 121 Å². The lowest BCUT2D eigenvalue weighted by Gasteiger charge is -2.55. The maximum absolute atomic E-state index is 16.1. The lowest BCUT2D eigenvalue weighted by Crippen LogP contribution is -2.65. The molecule has 7 rings (SSSR count). The van der Waals surface area contributed by atoms with E-state index in [1.165, 1.54) is 0 Å². The number of aliphatic hydroxyl groups excluding tert-OH is 1. The average molecular weight is 773 g/mol. The molecule has 1 heterocycles. The Morgan fingerprint density at radius 1 is 0.927 bits per heavy atom. The van der Waals surface area contributed by atoms with Crippen molar-refractivity contribution in [2.45, 2.75) is 76.6 Å². The predicted molar refractivity (Wildman–Crippen MR) is 202 cm³/mol. The molecule has 0 spiro atoms. The third kappa shape index (κ3) is 6.16. The Morgan fingerprint density at radius 2 is 1.53 bits per heavy atom. The van der Waals surface area contributed by atoms with Gasteiger partial charge in [-0.15, -0.1) is 0 Å². The molecular weight excluding hydrogens is 727 g/mol. The highest BCUT2D eigenvalue weighted by atomic mass is 28.4. The van der Waals surface area contributed by atoms with Crippen LogP contribution in [-0.4, -0.2) is 61.9 Å². The van der Waals surface area contributed by atoms with Gasteiger partial charge in [-0.05, 0) is 67.3 Å². The Hall–Kier alpha value is -4.85. The molecule has 0 saturated carbocycles. The first-order chi connectivity index (χ1) is 26.0. The van der Waals surface area contributed by atoms with Gasteiger partial charge in [-0.1, -0.05) is 81.4 Å². The van der Waals surface area contributed by atoms with Crippen molar-refractivity contribution in [2.24, 2.45) is 11.8 Å². The zero-order valence-electron chi connectivity index (χ0n) is 32.3. The number of aliphatic hydroxyl groups is 1. The van der Waals surface area contributed by atoms with Crippen molar-refractivity contribution in [3.63, 3.8) is 0 Å². The molecule has 4 atom stereocenters. The number of fused-ring (bicyclic) bond motifs is 4. The van der Waals surface area contributed by atoms with E-state index in [4.69, 9.17) is 23.2 Å². The van der Waals surface area contributed by atoms with Gasteiger partial charge in [-0.25, -0.2) is 4.39 Å². The molecule has 1 unspecified atom stereocenters. The molecule has 13 heteroatoms. The number of nitrogens with zero attached hydrogens (tertiary/aromatic N) is 2. The number of hydrogen-bond acceptors (Lipinski definition) is 10. The summed E-state index contributed by atoms with van der Waals surface area (Å²) < 4.78 is 62.4. The van der Waals surface area contributed by atoms with Crippen LogP contribution < -0.4 is 14.2 Å². The number of methoxy groups -OCH3 is 1. The molecule has 55 heavy (non-hydrogen) atoms. The molecule has 290 valence electrons. The van der Waals surface area contributed by atoms with Gasteiger partial charge in [0.15, 0.2) is 37.0 Å². The molecule has 3 aliphatic rings. The Balaban J connectivity index is 1.44. The van der Waals surface area contributed by atoms with Gasteiger partial charge in [-0.2, -0.15) is 4.39 Å². The van der Waals surface area contributed by atoms with Crippen molar-refractivity contribution in [2.75, 3.05) is 21.2 Å². The third-order valence-electron chi connectivity index (χ3n) is 11.7. The number of carbonyl (C=O) groups excluding carboxylic acids is 2. The van der Waals surface area contributed by atoms with Crippen LogP contribution in [0.4, 0.5) is 8.78 Å². The number of carbonyl (C=O) groups is 2. The molecule has 3 aromatic carbocycles. The number of allylic oxidation sites excluding steroid dienone is 1. The lowest BCUT2D eigenvalue weighted by atomic mass is 9.58. The van der Waals surface area contributed by atoms with E-state index >= 15 is 13.6 Å². The summed E-state index contributed by atoms with van der Waals surface area (Å²) in [7, 11) is 1.80. The molecule has 0 bridgehead atoms. The summed E-state index contributed by atoms with van der Waals surface area (Å²) in [4.78, 5) is 32.3. The quantitative estimate of drug-likeness (QED) is 0.157. The largest absolute Gasteiger partial charge is 0.508 e. The van der Waals surface area contributed by atoms with Crippen molar-refractivity contribution in [3.05, 3.63) is 117 Å². The van der Waals surface area contributed by atoms with Crippen LogP contribution in [0.1, 0.15) is 76.4 Å². The fourth-order valence-corrected chi connectivity index (χ4v) is 9.48. The van der Waals surface area contributed by atoms with Gasteiger partial charge in [0.1, 0.15) is 24.5 Å². The minimum absolute atomic E-state index is 0.0144. The molecule has 0 amide bonds. The summed E-state index contributed by atoms with van der Waals surface area (Å²) in [6, 6.07) is 17.7. The molecule has 10 nitrogen and oxygen atoms in total. The summed E-state index contributed by atoms with van der Waals surface area (Å²) in [5, 5.41) is 16.6. The van der Waals surface area contributed by atoms with Crippen LogP contribution in [0, 0.1) is 23.5 Å². The molecule has 0 saturated heterocycles. The molecular formula is C42H46F2N2O8Si. The Labute approximate surface area is 320 Å². The summed E-state index contributed by atoms with van der Waals surface area (Å²) in [5.41, 5.74) is -1.10. The second-order valence-corrected chi connectivity index (χ2v) is 21.0. The third-order valence-corrected chi connectivity index (χ3v) is 16.2. The molecule has 1 aromatic heterocycles. The predicted octanol–water partition coefficient (Wildman–Crippen LogP) is 8.57. The van der Waals surface area contributed by atoms with Gasteiger partial charge in [0.05, 0.1) is 18.7 Å². The number of aromatic nitrogens is 1. The first-order valence-electron chi connectivity index (χ1n) is 18.3. The summed E-state index contributed by atoms with van der Waals surface area (Å²) in [6.07, 6.45) is -0.0773. The summed E-state index contributed by atoms with van der Waals surface area (Å²) in [6.45, 7) is 9.97. The maximum Gasteiger partial charge on any atom is 0.265 e. The van der Waals surface area contributed by atoms with Gasteiger partial charge >= 0.3 is 0 Å². The number of Topliss-reactive ketones (excluding diaryl/α,β-unsaturated/α-hetero) is 2. The number of halogens is 2. The van der Waals surface area contributed by atoms with E-state index in [9.17, 15) is 9.90 Å². The van der Waals surface area contributed by atoms with E-state index in [1.807, 2.05) is 89.3 Å². The highest BCUT2D eigenvalue weighted by Gasteiger charge is 2.67. The fraction of sp³-hybridized carbons (Fsp3) is 0.405. The standard InChI is InChI=1S/C42H46F2N2O8Si/c1-41(2,3)55(7,8)54-42-27(33(46(4)5)35-30(39(42)49)40(45-53-35)52-22-24-17-13-10-14-18-24)20-25-19-26-29(34(47)28(25)38(42)48)36(37(50-6)32(44)31(26)43)51-21-23-15-11-9-12-16-23/h9-18,25,27,33,48H,19-22H2,1-8H3/t25-,27-,33?,42-/m0/s1. The van der Waals surface area contributed by atoms with Crippen molar-refractivity contribution >= 4 is 19.9 Å². The first kappa shape index (κ1) is 38.4. The van der Waals surface area contributed by atoms with Gasteiger partial charge < -0.3 is 28.3 Å². The number of ether oxygens (including phenoxy) is 3. The second kappa shape index (κ2) is 14.0. The fourth-order valence-electron chi connectivity index (χ4n) is 8.03. The van der Waals surface area contributed by atoms with Gasteiger partial charge in [0.25, 0.3) is 5.88 Å². The van der Waals surface area contributed by atoms with Crippen LogP contribution in [0.3, 0.4) is 0 Å². The van der Waals surface area contributed by atoms with E-state index in [2.05, 4.69) is 5.16 Å². The minimum Gasteiger partial charge on any atom is -0.508 e. The highest BCUT2D eigenvalue weighted by molar-refractivity contribution is 6.74. The summed E-state index contributed by atoms with van der Waals surface area (Å²) >= 11 is 0. The summed E-state index contributed by atoms with van der Waals surface area (Å²) in [5.74, 6) is -6.88. The average Bonchev–Trinajstić information content (AvgIpc) is 3.56. The molecule has 3 aliphatic carbocycles. The van der Waals surface area contributed by atoms with Crippen LogP contribution in [0.5, 0.6) is 17.4 Å². The lowest BCUT2D eigenvalue weighted by molar-refractivity contribution is -0.0481.